The van der Waals surface area contributed by atoms with Crippen molar-refractivity contribution in [2.45, 2.75) is 25.3 Å². The van der Waals surface area contributed by atoms with Gasteiger partial charge in [-0.2, -0.15) is 11.3 Å². The van der Waals surface area contributed by atoms with E-state index in [1.807, 2.05) is 6.20 Å². The van der Waals surface area contributed by atoms with Crippen LogP contribution in [0.1, 0.15) is 30.0 Å². The van der Waals surface area contributed by atoms with Crippen molar-refractivity contribution in [2.24, 2.45) is 0 Å². The van der Waals surface area contributed by atoms with Gasteiger partial charge in [0.15, 0.2) is 0 Å². The zero-order chi connectivity index (χ0) is 12.2. The first-order valence-electron chi connectivity index (χ1n) is 6.41. The van der Waals surface area contributed by atoms with E-state index in [-0.39, 0.29) is 0 Å². The van der Waals surface area contributed by atoms with Crippen molar-refractivity contribution >= 4 is 11.3 Å². The van der Waals surface area contributed by atoms with Crippen LogP contribution in [-0.4, -0.2) is 28.0 Å². The highest BCUT2D eigenvalue weighted by atomic mass is 32.1. The van der Waals surface area contributed by atoms with Gasteiger partial charge >= 0.3 is 0 Å². The summed E-state index contributed by atoms with van der Waals surface area (Å²) >= 11 is 1.78. The highest BCUT2D eigenvalue weighted by Gasteiger charge is 2.22. The van der Waals surface area contributed by atoms with Crippen LogP contribution in [0, 0.1) is 0 Å². The summed E-state index contributed by atoms with van der Waals surface area (Å²) in [6.45, 7) is 3.40. The van der Waals surface area contributed by atoms with Gasteiger partial charge in [0.05, 0.1) is 0 Å². The molecule has 2 aromatic rings. The molecule has 0 amide bonds. The van der Waals surface area contributed by atoms with E-state index < -0.39 is 0 Å². The number of hydrogen-bond acceptors (Lipinski definition) is 4. The van der Waals surface area contributed by atoms with Gasteiger partial charge in [0.2, 0.25) is 0 Å². The van der Waals surface area contributed by atoms with Gasteiger partial charge in [-0.25, -0.2) is 9.97 Å². The van der Waals surface area contributed by atoms with Gasteiger partial charge in [-0.05, 0) is 47.8 Å². The third-order valence-corrected chi connectivity index (χ3v) is 4.25. The number of likely N-dealkylation sites (tertiary alicyclic amines) is 1. The second-order valence-electron chi connectivity index (χ2n) is 4.84. The van der Waals surface area contributed by atoms with E-state index in [0.29, 0.717) is 5.92 Å². The Morgan fingerprint density at radius 3 is 3.17 bits per heavy atom. The van der Waals surface area contributed by atoms with E-state index in [2.05, 4.69) is 37.8 Å². The van der Waals surface area contributed by atoms with Crippen LogP contribution < -0.4 is 0 Å². The highest BCUT2D eigenvalue weighted by molar-refractivity contribution is 7.07. The summed E-state index contributed by atoms with van der Waals surface area (Å²) < 4.78 is 0. The summed E-state index contributed by atoms with van der Waals surface area (Å²) in [6, 6.07) is 4.28. The summed E-state index contributed by atoms with van der Waals surface area (Å²) in [5.41, 5.74) is 2.63. The minimum Gasteiger partial charge on any atom is -0.298 e. The smallest absolute Gasteiger partial charge is 0.115 e. The van der Waals surface area contributed by atoms with Gasteiger partial charge in [0, 0.05) is 30.9 Å². The summed E-state index contributed by atoms with van der Waals surface area (Å²) in [5, 5.41) is 4.40. The molecule has 1 atom stereocenters. The molecule has 4 heteroatoms. The van der Waals surface area contributed by atoms with Crippen molar-refractivity contribution in [3.63, 3.8) is 0 Å². The topological polar surface area (TPSA) is 29.0 Å². The van der Waals surface area contributed by atoms with Gasteiger partial charge in [-0.1, -0.05) is 0 Å². The van der Waals surface area contributed by atoms with Crippen LogP contribution in [-0.2, 0) is 6.54 Å². The quantitative estimate of drug-likeness (QED) is 0.848. The van der Waals surface area contributed by atoms with E-state index in [1.165, 1.54) is 30.6 Å². The predicted octanol–water partition coefficient (Wildman–Crippen LogP) is 2.92. The van der Waals surface area contributed by atoms with Gasteiger partial charge in [0.1, 0.15) is 6.33 Å². The molecule has 0 N–H and O–H groups in total. The fourth-order valence-electron chi connectivity index (χ4n) is 2.62. The maximum absolute atomic E-state index is 4.40. The SMILES string of the molecule is c1cc([C@H]2CCCN(Cc3ccsc3)C2)ncn1. The molecule has 3 rings (SSSR count). The fourth-order valence-corrected chi connectivity index (χ4v) is 3.28. The summed E-state index contributed by atoms with van der Waals surface area (Å²) in [7, 11) is 0. The Morgan fingerprint density at radius 2 is 2.39 bits per heavy atom. The van der Waals surface area contributed by atoms with Crippen molar-refractivity contribution in [3.05, 3.63) is 46.7 Å². The third kappa shape index (κ3) is 2.76. The van der Waals surface area contributed by atoms with E-state index in [0.717, 1.165) is 13.1 Å². The second-order valence-corrected chi connectivity index (χ2v) is 5.62. The van der Waals surface area contributed by atoms with Gasteiger partial charge < -0.3 is 0 Å². The number of piperidine rings is 1. The molecule has 3 nitrogen and oxygen atoms in total. The van der Waals surface area contributed by atoms with E-state index >= 15 is 0 Å². The third-order valence-electron chi connectivity index (χ3n) is 3.51. The molecule has 1 fully saturated rings. The van der Waals surface area contributed by atoms with E-state index in [9.17, 15) is 0 Å². The molecule has 1 aliphatic rings. The van der Waals surface area contributed by atoms with Crippen LogP contribution in [0.5, 0.6) is 0 Å². The Labute approximate surface area is 112 Å². The molecule has 0 unspecified atom stereocenters. The molecule has 0 aromatic carbocycles. The van der Waals surface area contributed by atoms with E-state index in [1.54, 1.807) is 17.7 Å². The number of nitrogens with zero attached hydrogens (tertiary/aromatic N) is 3. The fraction of sp³-hybridized carbons (Fsp3) is 0.429. The zero-order valence-corrected chi connectivity index (χ0v) is 11.1. The number of rotatable bonds is 3. The van der Waals surface area contributed by atoms with Crippen LogP contribution in [0.3, 0.4) is 0 Å². The Bertz CT molecular complexity index is 469. The van der Waals surface area contributed by atoms with Crippen LogP contribution in [0.4, 0.5) is 0 Å². The lowest BCUT2D eigenvalue weighted by molar-refractivity contribution is 0.198. The lowest BCUT2D eigenvalue weighted by Gasteiger charge is -2.32. The van der Waals surface area contributed by atoms with Gasteiger partial charge in [0.25, 0.3) is 0 Å². The standard InChI is InChI=1S/C14H17N3S/c1-2-13(14-3-5-15-11-16-14)9-17(6-1)8-12-4-7-18-10-12/h3-5,7,10-11,13H,1-2,6,8-9H2/t13-/m0/s1. The minimum absolute atomic E-state index is 0.570. The Hall–Kier alpha value is -1.26. The Kier molecular flexibility index (Phi) is 3.67. The van der Waals surface area contributed by atoms with Crippen molar-refractivity contribution in [3.8, 4) is 0 Å². The molecule has 0 spiro atoms. The predicted molar refractivity (Wildman–Crippen MR) is 73.6 cm³/mol. The second kappa shape index (κ2) is 5.59. The molecule has 1 saturated heterocycles. The van der Waals surface area contributed by atoms with Crippen molar-refractivity contribution in [1.82, 2.24) is 14.9 Å². The van der Waals surface area contributed by atoms with Gasteiger partial charge in [-0.3, -0.25) is 4.90 Å². The zero-order valence-electron chi connectivity index (χ0n) is 10.3. The monoisotopic (exact) mass is 259 g/mol. The summed E-state index contributed by atoms with van der Waals surface area (Å²) in [4.78, 5) is 10.9. The van der Waals surface area contributed by atoms with Crippen molar-refractivity contribution in [1.29, 1.82) is 0 Å². The van der Waals surface area contributed by atoms with Crippen LogP contribution in [0.15, 0.2) is 35.4 Å². The first-order valence-corrected chi connectivity index (χ1v) is 7.35. The first kappa shape index (κ1) is 11.8. The molecular formula is C14H17N3S. The molecule has 0 bridgehead atoms. The molecule has 0 aliphatic carbocycles. The molecule has 94 valence electrons. The van der Waals surface area contributed by atoms with Crippen molar-refractivity contribution in [2.75, 3.05) is 13.1 Å². The maximum atomic E-state index is 4.40. The molecule has 18 heavy (non-hydrogen) atoms. The highest BCUT2D eigenvalue weighted by Crippen LogP contribution is 2.26. The first-order chi connectivity index (χ1) is 8.92. The van der Waals surface area contributed by atoms with Crippen LogP contribution >= 0.6 is 11.3 Å². The maximum Gasteiger partial charge on any atom is 0.115 e. The number of hydrogen-bond donors (Lipinski definition) is 0. The molecular weight excluding hydrogens is 242 g/mol. The number of thiophene rings is 1. The molecule has 3 heterocycles. The molecule has 0 saturated carbocycles. The lowest BCUT2D eigenvalue weighted by Crippen LogP contribution is -2.34. The Balaban J connectivity index is 1.65. The Morgan fingerprint density at radius 1 is 1.39 bits per heavy atom. The summed E-state index contributed by atoms with van der Waals surface area (Å²) in [5.74, 6) is 0.570. The van der Waals surface area contributed by atoms with Crippen LogP contribution in [0.25, 0.3) is 0 Å². The average molecular weight is 259 g/mol. The normalized spacial score (nSPS) is 21.0. The van der Waals surface area contributed by atoms with Crippen molar-refractivity contribution < 1.29 is 0 Å². The largest absolute Gasteiger partial charge is 0.298 e. The molecule has 2 aromatic heterocycles. The summed E-state index contributed by atoms with van der Waals surface area (Å²) in [6.07, 6.45) is 6.02. The minimum atomic E-state index is 0.570. The van der Waals surface area contributed by atoms with E-state index in [4.69, 9.17) is 0 Å². The molecule has 1 aliphatic heterocycles. The lowest BCUT2D eigenvalue weighted by atomic mass is 9.94. The number of aromatic nitrogens is 2. The van der Waals surface area contributed by atoms with Crippen LogP contribution in [0.2, 0.25) is 0 Å². The molecule has 0 radical (unpaired) electrons. The average Bonchev–Trinajstić information content (AvgIpc) is 2.93. The van der Waals surface area contributed by atoms with Gasteiger partial charge in [-0.15, -0.1) is 0 Å².